The Morgan fingerprint density at radius 2 is 2.07 bits per heavy atom. The zero-order chi connectivity index (χ0) is 20.4. The number of pyridine rings is 1. The summed E-state index contributed by atoms with van der Waals surface area (Å²) in [5.41, 5.74) is 0.722. The fourth-order valence-electron chi connectivity index (χ4n) is 3.81. The molecule has 3 N–H and O–H groups in total. The smallest absolute Gasteiger partial charge is 0.268 e. The van der Waals surface area contributed by atoms with Crippen molar-refractivity contribution in [2.24, 2.45) is 5.92 Å². The van der Waals surface area contributed by atoms with E-state index in [2.05, 4.69) is 44.2 Å². The summed E-state index contributed by atoms with van der Waals surface area (Å²) in [6.45, 7) is 6.71. The summed E-state index contributed by atoms with van der Waals surface area (Å²) in [5.74, 6) is 1.75. The molecule has 0 saturated heterocycles. The van der Waals surface area contributed by atoms with Crippen molar-refractivity contribution in [3.05, 3.63) is 57.9 Å². The number of aromatic amines is 1. The molecule has 29 heavy (non-hydrogen) atoms. The molecule has 0 bridgehead atoms. The number of carbonyl (C=O) groups excluding carboxylic acids is 1. The molecule has 0 spiro atoms. The Morgan fingerprint density at radius 3 is 2.90 bits per heavy atom. The van der Waals surface area contributed by atoms with Crippen LogP contribution in [0.2, 0.25) is 0 Å². The lowest BCUT2D eigenvalue weighted by atomic mass is 10.0. The molecular formula is C21H26N6O2. The van der Waals surface area contributed by atoms with Crippen LogP contribution < -0.4 is 16.1 Å². The van der Waals surface area contributed by atoms with Crippen LogP contribution in [0.4, 0.5) is 0 Å². The first-order valence-corrected chi connectivity index (χ1v) is 10.1. The number of nitrogens with zero attached hydrogens (tertiary/aromatic N) is 3. The van der Waals surface area contributed by atoms with Gasteiger partial charge < -0.3 is 20.2 Å². The highest BCUT2D eigenvalue weighted by atomic mass is 16.2. The molecule has 0 fully saturated rings. The first-order valence-electron chi connectivity index (χ1n) is 10.1. The minimum atomic E-state index is -0.317. The van der Waals surface area contributed by atoms with Crippen LogP contribution in [0.5, 0.6) is 0 Å². The van der Waals surface area contributed by atoms with Gasteiger partial charge in [0.15, 0.2) is 11.3 Å². The largest absolute Gasteiger partial charge is 0.350 e. The highest BCUT2D eigenvalue weighted by Crippen LogP contribution is 2.22. The van der Waals surface area contributed by atoms with Crippen LogP contribution in [0.3, 0.4) is 0 Å². The minimum Gasteiger partial charge on any atom is -0.350 e. The average molecular weight is 394 g/mol. The first-order chi connectivity index (χ1) is 14.0. The lowest BCUT2D eigenvalue weighted by molar-refractivity contribution is 0.0924. The van der Waals surface area contributed by atoms with E-state index >= 15 is 0 Å². The van der Waals surface area contributed by atoms with E-state index in [1.807, 2.05) is 12.1 Å². The molecule has 0 unspecified atom stereocenters. The molecule has 0 aliphatic carbocycles. The molecule has 0 saturated carbocycles. The number of hydrogen-bond acceptors (Lipinski definition) is 5. The second-order valence-corrected chi connectivity index (χ2v) is 7.87. The van der Waals surface area contributed by atoms with Crippen molar-refractivity contribution in [2.45, 2.75) is 39.3 Å². The molecule has 8 heteroatoms. The summed E-state index contributed by atoms with van der Waals surface area (Å²) in [7, 11) is 0. The van der Waals surface area contributed by atoms with Gasteiger partial charge in [-0.25, -0.2) is 0 Å². The number of rotatable bonds is 5. The maximum atomic E-state index is 13.0. The standard InChI is InChI=1S/C21H26N6O2/c1-13(2)11-16(20-26-25-19-7-8-22-9-10-27(19)20)24-21(29)17-12-18(28)14-5-3-4-6-15(14)23-17/h3-6,12-13,16,22H,7-11H2,1-2H3,(H,23,28)(H,24,29)/t16-/m1/s1. The normalized spacial score (nSPS) is 15.1. The number of fused-ring (bicyclic) bond motifs is 2. The van der Waals surface area contributed by atoms with Crippen molar-refractivity contribution in [2.75, 3.05) is 13.1 Å². The van der Waals surface area contributed by atoms with Crippen LogP contribution in [0.25, 0.3) is 10.9 Å². The van der Waals surface area contributed by atoms with E-state index in [9.17, 15) is 9.59 Å². The highest BCUT2D eigenvalue weighted by molar-refractivity contribution is 5.95. The van der Waals surface area contributed by atoms with Gasteiger partial charge in [-0.1, -0.05) is 26.0 Å². The molecule has 1 aromatic carbocycles. The topological polar surface area (TPSA) is 105 Å². The van der Waals surface area contributed by atoms with Crippen molar-refractivity contribution in [3.8, 4) is 0 Å². The lowest BCUT2D eigenvalue weighted by Crippen LogP contribution is -2.33. The molecular weight excluding hydrogens is 368 g/mol. The SMILES string of the molecule is CC(C)C[C@@H](NC(=O)c1cc(=O)c2ccccc2[nH]1)c1nnc2n1CCNCC2. The van der Waals surface area contributed by atoms with Gasteiger partial charge in [-0.15, -0.1) is 10.2 Å². The van der Waals surface area contributed by atoms with Crippen LogP contribution in [0, 0.1) is 5.92 Å². The monoisotopic (exact) mass is 394 g/mol. The summed E-state index contributed by atoms with van der Waals surface area (Å²) < 4.78 is 2.11. The number of aromatic nitrogens is 4. The Kier molecular flexibility index (Phi) is 5.44. The molecule has 3 heterocycles. The van der Waals surface area contributed by atoms with E-state index in [4.69, 9.17) is 0 Å². The van der Waals surface area contributed by atoms with Crippen LogP contribution in [0.1, 0.15) is 48.4 Å². The van der Waals surface area contributed by atoms with Gasteiger partial charge in [0.05, 0.1) is 6.04 Å². The fourth-order valence-corrected chi connectivity index (χ4v) is 3.81. The summed E-state index contributed by atoms with van der Waals surface area (Å²) in [5, 5.41) is 15.8. The number of amides is 1. The van der Waals surface area contributed by atoms with Crippen LogP contribution in [-0.2, 0) is 13.0 Å². The van der Waals surface area contributed by atoms with Gasteiger partial charge in [0, 0.05) is 43.0 Å². The molecule has 1 aliphatic heterocycles. The van der Waals surface area contributed by atoms with E-state index in [-0.39, 0.29) is 23.1 Å². The average Bonchev–Trinajstić information content (AvgIpc) is 2.95. The van der Waals surface area contributed by atoms with Gasteiger partial charge in [-0.2, -0.15) is 0 Å². The van der Waals surface area contributed by atoms with Crippen molar-refractivity contribution < 1.29 is 4.79 Å². The number of benzene rings is 1. The van der Waals surface area contributed by atoms with Gasteiger partial charge in [-0.05, 0) is 24.5 Å². The quantitative estimate of drug-likeness (QED) is 0.612. The van der Waals surface area contributed by atoms with Crippen LogP contribution >= 0.6 is 0 Å². The summed E-state index contributed by atoms with van der Waals surface area (Å²) in [6, 6.07) is 8.26. The fraction of sp³-hybridized carbons (Fsp3) is 0.429. The first kappa shape index (κ1) is 19.3. The van der Waals surface area contributed by atoms with Gasteiger partial charge in [0.1, 0.15) is 11.5 Å². The Morgan fingerprint density at radius 1 is 1.24 bits per heavy atom. The zero-order valence-corrected chi connectivity index (χ0v) is 16.7. The van der Waals surface area contributed by atoms with E-state index in [1.54, 1.807) is 12.1 Å². The second-order valence-electron chi connectivity index (χ2n) is 7.87. The summed E-state index contributed by atoms with van der Waals surface area (Å²) >= 11 is 0. The number of carbonyl (C=O) groups is 1. The third-order valence-electron chi connectivity index (χ3n) is 5.20. The Labute approximate surface area is 168 Å². The predicted octanol–water partition coefficient (Wildman–Crippen LogP) is 1.78. The van der Waals surface area contributed by atoms with Crippen LogP contribution in [0.15, 0.2) is 35.1 Å². The summed E-state index contributed by atoms with van der Waals surface area (Å²) in [6.07, 6.45) is 1.54. The molecule has 8 nitrogen and oxygen atoms in total. The molecule has 0 radical (unpaired) electrons. The molecule has 1 aliphatic rings. The second kappa shape index (κ2) is 8.16. The number of para-hydroxylation sites is 1. The maximum Gasteiger partial charge on any atom is 0.268 e. The third-order valence-corrected chi connectivity index (χ3v) is 5.20. The van der Waals surface area contributed by atoms with E-state index in [0.29, 0.717) is 16.8 Å². The van der Waals surface area contributed by atoms with Crippen molar-refractivity contribution in [1.82, 2.24) is 30.4 Å². The van der Waals surface area contributed by atoms with Crippen molar-refractivity contribution in [1.29, 1.82) is 0 Å². The number of nitrogens with one attached hydrogen (secondary N) is 3. The molecule has 152 valence electrons. The van der Waals surface area contributed by atoms with Gasteiger partial charge in [0.25, 0.3) is 5.91 Å². The zero-order valence-electron chi connectivity index (χ0n) is 16.7. The van der Waals surface area contributed by atoms with Crippen LogP contribution in [-0.4, -0.2) is 38.7 Å². The minimum absolute atomic E-state index is 0.174. The highest BCUT2D eigenvalue weighted by Gasteiger charge is 2.25. The number of H-pyrrole nitrogens is 1. The Balaban J connectivity index is 1.65. The Hall–Kier alpha value is -3.00. The maximum absolute atomic E-state index is 13.0. The Bertz CT molecular complexity index is 1080. The third kappa shape index (κ3) is 4.07. The predicted molar refractivity (Wildman–Crippen MR) is 111 cm³/mol. The van der Waals surface area contributed by atoms with Crippen molar-refractivity contribution >= 4 is 16.8 Å². The molecule has 1 amide bonds. The van der Waals surface area contributed by atoms with Crippen molar-refractivity contribution in [3.63, 3.8) is 0 Å². The van der Waals surface area contributed by atoms with Gasteiger partial charge >= 0.3 is 0 Å². The molecule has 1 atom stereocenters. The molecule has 3 aromatic rings. The van der Waals surface area contributed by atoms with E-state index in [0.717, 1.165) is 44.1 Å². The van der Waals surface area contributed by atoms with Gasteiger partial charge in [-0.3, -0.25) is 9.59 Å². The van der Waals surface area contributed by atoms with E-state index < -0.39 is 0 Å². The molecule has 4 rings (SSSR count). The van der Waals surface area contributed by atoms with Gasteiger partial charge in [0.2, 0.25) is 0 Å². The number of hydrogen-bond donors (Lipinski definition) is 3. The van der Waals surface area contributed by atoms with E-state index in [1.165, 1.54) is 6.07 Å². The lowest BCUT2D eigenvalue weighted by Gasteiger charge is -2.21. The molecule has 2 aromatic heterocycles. The summed E-state index contributed by atoms with van der Waals surface area (Å²) in [4.78, 5) is 28.5.